The van der Waals surface area contributed by atoms with Crippen molar-refractivity contribution >= 4 is 17.5 Å². The number of pyridine rings is 1. The summed E-state index contributed by atoms with van der Waals surface area (Å²) in [6.45, 7) is 0.248. The minimum Gasteiger partial charge on any atom is -0.366 e. The van der Waals surface area contributed by atoms with Crippen LogP contribution in [0.1, 0.15) is 5.56 Å². The second-order valence-electron chi connectivity index (χ2n) is 4.04. The smallest absolute Gasteiger partial charge is 0.313 e. The van der Waals surface area contributed by atoms with E-state index in [2.05, 4.69) is 15.6 Å². The van der Waals surface area contributed by atoms with Crippen LogP contribution in [-0.4, -0.2) is 16.8 Å². The topological polar surface area (TPSA) is 91.1 Å². The first kappa shape index (κ1) is 13.5. The molecule has 2 aromatic rings. The third kappa shape index (κ3) is 3.55. The Kier molecular flexibility index (Phi) is 4.28. The van der Waals surface area contributed by atoms with Gasteiger partial charge in [-0.05, 0) is 5.56 Å². The van der Waals surface area contributed by atoms with Crippen LogP contribution in [0, 0.1) is 0 Å². The average molecular weight is 271 g/mol. The first-order valence-corrected chi connectivity index (χ1v) is 5.97. The van der Waals surface area contributed by atoms with Crippen LogP contribution >= 0.6 is 0 Å². The molecule has 0 aliphatic heterocycles. The number of anilines is 1. The second kappa shape index (κ2) is 6.33. The maximum Gasteiger partial charge on any atom is 0.313 e. The highest BCUT2D eigenvalue weighted by molar-refractivity contribution is 6.39. The fourth-order valence-electron chi connectivity index (χ4n) is 1.55. The van der Waals surface area contributed by atoms with Gasteiger partial charge in [0.25, 0.3) is 0 Å². The highest BCUT2D eigenvalue weighted by Crippen LogP contribution is 1.98. The fraction of sp³-hybridized carbons (Fsp3) is 0.0714. The maximum absolute atomic E-state index is 11.6. The zero-order chi connectivity index (χ0) is 14.4. The van der Waals surface area contributed by atoms with Gasteiger partial charge in [0.1, 0.15) is 5.69 Å². The molecule has 0 aliphatic rings. The van der Waals surface area contributed by atoms with Crippen molar-refractivity contribution < 1.29 is 9.59 Å². The zero-order valence-electron chi connectivity index (χ0n) is 10.6. The molecular weight excluding hydrogens is 258 g/mol. The molecule has 20 heavy (non-hydrogen) atoms. The van der Waals surface area contributed by atoms with E-state index >= 15 is 0 Å². The maximum atomic E-state index is 11.6. The first-order valence-electron chi connectivity index (χ1n) is 5.97. The van der Waals surface area contributed by atoms with Crippen LogP contribution in [0.2, 0.25) is 0 Å². The van der Waals surface area contributed by atoms with E-state index in [4.69, 9.17) is 0 Å². The van der Waals surface area contributed by atoms with Crippen molar-refractivity contribution in [3.8, 4) is 0 Å². The molecule has 6 heteroatoms. The Balaban J connectivity index is 1.91. The quantitative estimate of drug-likeness (QED) is 0.715. The van der Waals surface area contributed by atoms with E-state index in [0.717, 1.165) is 5.56 Å². The number of hydrogen-bond donors (Lipinski definition) is 3. The monoisotopic (exact) mass is 271 g/mol. The van der Waals surface area contributed by atoms with Gasteiger partial charge in [-0.15, -0.1) is 0 Å². The molecule has 0 aliphatic carbocycles. The van der Waals surface area contributed by atoms with Crippen molar-refractivity contribution in [2.75, 3.05) is 5.32 Å². The van der Waals surface area contributed by atoms with Gasteiger partial charge < -0.3 is 15.6 Å². The number of hydrogen-bond acceptors (Lipinski definition) is 3. The Morgan fingerprint density at radius 3 is 2.50 bits per heavy atom. The van der Waals surface area contributed by atoms with Crippen molar-refractivity contribution in [3.05, 3.63) is 64.6 Å². The fourth-order valence-corrected chi connectivity index (χ4v) is 1.55. The van der Waals surface area contributed by atoms with Crippen LogP contribution < -0.4 is 16.1 Å². The van der Waals surface area contributed by atoms with E-state index in [0.29, 0.717) is 0 Å². The molecule has 2 rings (SSSR count). The zero-order valence-corrected chi connectivity index (χ0v) is 10.6. The SMILES string of the molecule is O=C(NCc1ccccc1)C(=O)Nc1c[nH]ccc1=O. The Bertz CT molecular complexity index is 665. The lowest BCUT2D eigenvalue weighted by Crippen LogP contribution is -2.36. The molecule has 1 aromatic heterocycles. The van der Waals surface area contributed by atoms with Gasteiger partial charge in [-0.2, -0.15) is 0 Å². The number of carbonyl (C=O) groups is 2. The number of carbonyl (C=O) groups excluding carboxylic acids is 2. The minimum absolute atomic E-state index is 0.0346. The van der Waals surface area contributed by atoms with Crippen LogP contribution in [0.4, 0.5) is 5.69 Å². The molecule has 0 bridgehead atoms. The second-order valence-corrected chi connectivity index (χ2v) is 4.04. The summed E-state index contributed by atoms with van der Waals surface area (Å²) >= 11 is 0. The number of amides is 2. The minimum atomic E-state index is -0.877. The molecule has 1 aromatic carbocycles. The van der Waals surface area contributed by atoms with Gasteiger partial charge >= 0.3 is 11.8 Å². The van der Waals surface area contributed by atoms with Crippen molar-refractivity contribution in [2.45, 2.75) is 6.54 Å². The molecule has 2 amide bonds. The molecule has 0 saturated carbocycles. The van der Waals surface area contributed by atoms with Crippen molar-refractivity contribution in [2.24, 2.45) is 0 Å². The van der Waals surface area contributed by atoms with Gasteiger partial charge in [-0.1, -0.05) is 30.3 Å². The summed E-state index contributed by atoms with van der Waals surface area (Å²) in [5, 5.41) is 4.73. The molecule has 0 saturated heterocycles. The van der Waals surface area contributed by atoms with E-state index in [1.807, 2.05) is 30.3 Å². The van der Waals surface area contributed by atoms with Crippen molar-refractivity contribution in [3.63, 3.8) is 0 Å². The number of benzene rings is 1. The van der Waals surface area contributed by atoms with Crippen LogP contribution in [-0.2, 0) is 16.1 Å². The molecule has 0 fully saturated rings. The van der Waals surface area contributed by atoms with Crippen LogP contribution in [0.15, 0.2) is 53.6 Å². The number of aromatic amines is 1. The number of aromatic nitrogens is 1. The normalized spacial score (nSPS) is 9.80. The van der Waals surface area contributed by atoms with Gasteiger partial charge in [-0.25, -0.2) is 0 Å². The summed E-state index contributed by atoms with van der Waals surface area (Å²) < 4.78 is 0. The summed E-state index contributed by atoms with van der Waals surface area (Å²) in [7, 11) is 0. The number of rotatable bonds is 3. The molecule has 0 radical (unpaired) electrons. The number of H-pyrrole nitrogens is 1. The third-order valence-electron chi connectivity index (χ3n) is 2.57. The van der Waals surface area contributed by atoms with Gasteiger partial charge in [0.15, 0.2) is 0 Å². The van der Waals surface area contributed by atoms with Gasteiger partial charge in [0, 0.05) is 25.0 Å². The molecule has 0 unspecified atom stereocenters. The van der Waals surface area contributed by atoms with E-state index in [-0.39, 0.29) is 17.7 Å². The average Bonchev–Trinajstić information content (AvgIpc) is 2.48. The van der Waals surface area contributed by atoms with Gasteiger partial charge in [0.2, 0.25) is 5.43 Å². The van der Waals surface area contributed by atoms with Crippen LogP contribution in [0.25, 0.3) is 0 Å². The molecular formula is C14H13N3O3. The van der Waals surface area contributed by atoms with Gasteiger partial charge in [0.05, 0.1) is 0 Å². The summed E-state index contributed by atoms with van der Waals surface area (Å²) in [5.74, 6) is -1.67. The van der Waals surface area contributed by atoms with E-state index < -0.39 is 11.8 Å². The molecule has 6 nitrogen and oxygen atoms in total. The van der Waals surface area contributed by atoms with E-state index in [1.54, 1.807) is 0 Å². The van der Waals surface area contributed by atoms with Crippen LogP contribution in [0.3, 0.4) is 0 Å². The van der Waals surface area contributed by atoms with E-state index in [1.165, 1.54) is 18.5 Å². The molecule has 102 valence electrons. The lowest BCUT2D eigenvalue weighted by molar-refractivity contribution is -0.136. The predicted molar refractivity (Wildman–Crippen MR) is 74.0 cm³/mol. The Hall–Kier alpha value is -2.89. The Morgan fingerprint density at radius 1 is 1.05 bits per heavy atom. The highest BCUT2D eigenvalue weighted by Gasteiger charge is 2.14. The first-order chi connectivity index (χ1) is 9.66. The highest BCUT2D eigenvalue weighted by atomic mass is 16.2. The Labute approximate surface area is 114 Å². The standard InChI is InChI=1S/C14H13N3O3/c18-12-6-7-15-9-11(12)17-14(20)13(19)16-8-10-4-2-1-3-5-10/h1-7,9H,8H2,(H,15,18)(H,16,19)(H,17,20). The largest absolute Gasteiger partial charge is 0.366 e. The number of nitrogens with one attached hydrogen (secondary N) is 3. The lowest BCUT2D eigenvalue weighted by atomic mass is 10.2. The molecule has 0 spiro atoms. The Morgan fingerprint density at radius 2 is 1.80 bits per heavy atom. The van der Waals surface area contributed by atoms with E-state index in [9.17, 15) is 14.4 Å². The van der Waals surface area contributed by atoms with Crippen molar-refractivity contribution in [1.29, 1.82) is 0 Å². The van der Waals surface area contributed by atoms with Crippen LogP contribution in [0.5, 0.6) is 0 Å². The summed E-state index contributed by atoms with van der Waals surface area (Å²) in [6, 6.07) is 10.5. The molecule has 1 heterocycles. The summed E-state index contributed by atoms with van der Waals surface area (Å²) in [4.78, 5) is 37.3. The lowest BCUT2D eigenvalue weighted by Gasteiger charge is -2.05. The summed E-state index contributed by atoms with van der Waals surface area (Å²) in [5.41, 5.74) is 0.548. The molecule has 0 atom stereocenters. The third-order valence-corrected chi connectivity index (χ3v) is 2.57. The van der Waals surface area contributed by atoms with Gasteiger partial charge in [-0.3, -0.25) is 14.4 Å². The van der Waals surface area contributed by atoms with Crippen molar-refractivity contribution in [1.82, 2.24) is 10.3 Å². The summed E-state index contributed by atoms with van der Waals surface area (Å²) in [6.07, 6.45) is 2.76. The predicted octanol–water partition coefficient (Wildman–Crippen LogP) is 0.630. The molecule has 3 N–H and O–H groups in total.